The minimum absolute atomic E-state index is 0.432. The SMILES string of the molecule is NC1(c2noc(-c3ccc(Cl)c4cccnc34)n2)CCC1. The molecule has 0 radical (unpaired) electrons. The van der Waals surface area contributed by atoms with Gasteiger partial charge < -0.3 is 10.3 Å². The third-order valence-electron chi connectivity index (χ3n) is 4.06. The molecule has 0 unspecified atom stereocenters. The van der Waals surface area contributed by atoms with Gasteiger partial charge in [-0.15, -0.1) is 0 Å². The zero-order chi connectivity index (χ0) is 14.4. The van der Waals surface area contributed by atoms with Gasteiger partial charge in [-0.25, -0.2) is 0 Å². The summed E-state index contributed by atoms with van der Waals surface area (Å²) in [6, 6.07) is 7.42. The highest BCUT2D eigenvalue weighted by molar-refractivity contribution is 6.35. The van der Waals surface area contributed by atoms with Crippen molar-refractivity contribution in [2.45, 2.75) is 24.8 Å². The molecule has 1 aromatic carbocycles. The largest absolute Gasteiger partial charge is 0.334 e. The molecular formula is C15H13ClN4O. The third kappa shape index (κ3) is 1.92. The minimum Gasteiger partial charge on any atom is -0.334 e. The first kappa shape index (κ1) is 12.7. The lowest BCUT2D eigenvalue weighted by molar-refractivity contribution is 0.229. The number of hydrogen-bond donors (Lipinski definition) is 1. The van der Waals surface area contributed by atoms with Crippen molar-refractivity contribution in [3.8, 4) is 11.5 Å². The summed E-state index contributed by atoms with van der Waals surface area (Å²) in [5.41, 5.74) is 7.32. The van der Waals surface area contributed by atoms with Crippen LogP contribution in [0, 0.1) is 0 Å². The van der Waals surface area contributed by atoms with Crippen LogP contribution in [0.1, 0.15) is 25.1 Å². The normalized spacial score (nSPS) is 16.9. The predicted molar refractivity (Wildman–Crippen MR) is 79.8 cm³/mol. The number of pyridine rings is 1. The smallest absolute Gasteiger partial charge is 0.260 e. The lowest BCUT2D eigenvalue weighted by Gasteiger charge is -2.34. The van der Waals surface area contributed by atoms with Crippen LogP contribution in [0.25, 0.3) is 22.4 Å². The minimum atomic E-state index is -0.433. The topological polar surface area (TPSA) is 77.8 Å². The first-order valence-corrected chi connectivity index (χ1v) is 7.22. The first-order valence-electron chi connectivity index (χ1n) is 6.84. The molecule has 2 N–H and O–H groups in total. The van der Waals surface area contributed by atoms with E-state index in [1.807, 2.05) is 24.3 Å². The summed E-state index contributed by atoms with van der Waals surface area (Å²) in [6.07, 6.45) is 4.61. The Morgan fingerprint density at radius 2 is 2.10 bits per heavy atom. The number of hydrogen-bond acceptors (Lipinski definition) is 5. The molecule has 0 spiro atoms. The second-order valence-electron chi connectivity index (χ2n) is 5.43. The van der Waals surface area contributed by atoms with Crippen LogP contribution in [0.5, 0.6) is 0 Å². The molecule has 0 atom stereocenters. The number of benzene rings is 1. The molecule has 6 heteroatoms. The van der Waals surface area contributed by atoms with Crippen molar-refractivity contribution in [1.29, 1.82) is 0 Å². The summed E-state index contributed by atoms with van der Waals surface area (Å²) in [4.78, 5) is 8.85. The van der Waals surface area contributed by atoms with Gasteiger partial charge in [0.15, 0.2) is 5.82 Å². The number of halogens is 1. The molecule has 2 heterocycles. The molecule has 0 aliphatic heterocycles. The van der Waals surface area contributed by atoms with Crippen molar-refractivity contribution in [3.63, 3.8) is 0 Å². The first-order chi connectivity index (χ1) is 10.2. The van der Waals surface area contributed by atoms with Crippen LogP contribution < -0.4 is 5.73 Å². The Morgan fingerprint density at radius 3 is 2.86 bits per heavy atom. The van der Waals surface area contributed by atoms with Crippen LogP contribution >= 0.6 is 11.6 Å². The summed E-state index contributed by atoms with van der Waals surface area (Å²) in [5.74, 6) is 1.00. The van der Waals surface area contributed by atoms with Gasteiger partial charge in [-0.3, -0.25) is 4.98 Å². The molecule has 4 rings (SSSR count). The Hall–Kier alpha value is -1.98. The number of rotatable bonds is 2. The Balaban J connectivity index is 1.86. The van der Waals surface area contributed by atoms with Gasteiger partial charge in [0.25, 0.3) is 5.89 Å². The van der Waals surface area contributed by atoms with Crippen LogP contribution in [-0.4, -0.2) is 15.1 Å². The second kappa shape index (κ2) is 4.51. The Kier molecular flexibility index (Phi) is 2.74. The molecule has 2 aromatic heterocycles. The summed E-state index contributed by atoms with van der Waals surface area (Å²) in [7, 11) is 0. The van der Waals surface area contributed by atoms with Gasteiger partial charge in [0.2, 0.25) is 0 Å². The number of fused-ring (bicyclic) bond motifs is 1. The summed E-state index contributed by atoms with van der Waals surface area (Å²) < 4.78 is 5.40. The van der Waals surface area contributed by atoms with Crippen molar-refractivity contribution in [2.75, 3.05) is 0 Å². The quantitative estimate of drug-likeness (QED) is 0.786. The number of nitrogens with zero attached hydrogens (tertiary/aromatic N) is 3. The maximum absolute atomic E-state index is 6.23. The Morgan fingerprint density at radius 1 is 1.24 bits per heavy atom. The number of aromatic nitrogens is 3. The van der Waals surface area contributed by atoms with Crippen molar-refractivity contribution in [1.82, 2.24) is 15.1 Å². The van der Waals surface area contributed by atoms with E-state index in [9.17, 15) is 0 Å². The Bertz CT molecular complexity index is 825. The van der Waals surface area contributed by atoms with Crippen LogP contribution in [0.3, 0.4) is 0 Å². The van der Waals surface area contributed by atoms with Crippen LogP contribution in [0.2, 0.25) is 5.02 Å². The van der Waals surface area contributed by atoms with Crippen molar-refractivity contribution < 1.29 is 4.52 Å². The second-order valence-corrected chi connectivity index (χ2v) is 5.83. The van der Waals surface area contributed by atoms with Crippen LogP contribution in [0.15, 0.2) is 35.0 Å². The van der Waals surface area contributed by atoms with Gasteiger partial charge in [-0.1, -0.05) is 16.8 Å². The average molecular weight is 301 g/mol. The highest BCUT2D eigenvalue weighted by Gasteiger charge is 2.39. The lowest BCUT2D eigenvalue weighted by atomic mass is 9.77. The van der Waals surface area contributed by atoms with Gasteiger partial charge in [0, 0.05) is 11.6 Å². The monoisotopic (exact) mass is 300 g/mol. The van der Waals surface area contributed by atoms with E-state index in [4.69, 9.17) is 21.9 Å². The van der Waals surface area contributed by atoms with Crippen LogP contribution in [-0.2, 0) is 5.54 Å². The van der Waals surface area contributed by atoms with Gasteiger partial charge >= 0.3 is 0 Å². The molecule has 0 amide bonds. The molecular weight excluding hydrogens is 288 g/mol. The van der Waals surface area contributed by atoms with E-state index in [0.717, 1.165) is 35.7 Å². The molecule has 5 nitrogen and oxygen atoms in total. The van der Waals surface area contributed by atoms with E-state index >= 15 is 0 Å². The maximum Gasteiger partial charge on any atom is 0.260 e. The summed E-state index contributed by atoms with van der Waals surface area (Å²) in [6.45, 7) is 0. The summed E-state index contributed by atoms with van der Waals surface area (Å²) >= 11 is 6.20. The molecule has 1 saturated carbocycles. The fourth-order valence-corrected chi connectivity index (χ4v) is 2.84. The highest BCUT2D eigenvalue weighted by atomic mass is 35.5. The molecule has 1 fully saturated rings. The van der Waals surface area contributed by atoms with Crippen LogP contribution in [0.4, 0.5) is 0 Å². The van der Waals surface area contributed by atoms with Gasteiger partial charge in [0.1, 0.15) is 0 Å². The van der Waals surface area contributed by atoms with Crippen molar-refractivity contribution in [3.05, 3.63) is 41.3 Å². The van der Waals surface area contributed by atoms with E-state index in [2.05, 4.69) is 15.1 Å². The fraction of sp³-hybridized carbons (Fsp3) is 0.267. The molecule has 0 saturated heterocycles. The zero-order valence-electron chi connectivity index (χ0n) is 11.2. The predicted octanol–water partition coefficient (Wildman–Crippen LogP) is 3.28. The van der Waals surface area contributed by atoms with Crippen molar-refractivity contribution in [2.24, 2.45) is 5.73 Å². The third-order valence-corrected chi connectivity index (χ3v) is 4.39. The van der Waals surface area contributed by atoms with Gasteiger partial charge in [0.05, 0.1) is 21.6 Å². The number of nitrogens with two attached hydrogens (primary N) is 1. The van der Waals surface area contributed by atoms with E-state index in [1.165, 1.54) is 0 Å². The van der Waals surface area contributed by atoms with E-state index < -0.39 is 5.54 Å². The molecule has 1 aliphatic carbocycles. The maximum atomic E-state index is 6.23. The zero-order valence-corrected chi connectivity index (χ0v) is 12.0. The lowest BCUT2D eigenvalue weighted by Crippen LogP contribution is -2.44. The molecule has 1 aliphatic rings. The average Bonchev–Trinajstić information content (AvgIpc) is 2.95. The van der Waals surface area contributed by atoms with E-state index in [0.29, 0.717) is 16.7 Å². The van der Waals surface area contributed by atoms with Crippen molar-refractivity contribution >= 4 is 22.5 Å². The van der Waals surface area contributed by atoms with Gasteiger partial charge in [-0.2, -0.15) is 4.98 Å². The molecule has 3 aromatic rings. The molecule has 21 heavy (non-hydrogen) atoms. The van der Waals surface area contributed by atoms with E-state index in [1.54, 1.807) is 6.20 Å². The van der Waals surface area contributed by atoms with Gasteiger partial charge in [-0.05, 0) is 43.5 Å². The molecule has 106 valence electrons. The summed E-state index contributed by atoms with van der Waals surface area (Å²) in [5, 5.41) is 5.56. The Labute approximate surface area is 126 Å². The molecule has 0 bridgehead atoms. The standard InChI is InChI=1S/C15H13ClN4O/c16-11-5-4-10(12-9(11)3-1-8-18-12)13-19-14(20-21-13)15(17)6-2-7-15/h1,3-5,8H,2,6-7,17H2. The highest BCUT2D eigenvalue weighted by Crippen LogP contribution is 2.38. The fourth-order valence-electron chi connectivity index (χ4n) is 2.63. The van der Waals surface area contributed by atoms with E-state index in [-0.39, 0.29) is 0 Å².